The van der Waals surface area contributed by atoms with Gasteiger partial charge in [-0.1, -0.05) is 59.8 Å². The maximum atomic E-state index is 2.37. The first-order valence-electron chi connectivity index (χ1n) is 6.53. The molecule has 14 heavy (non-hydrogen) atoms. The van der Waals surface area contributed by atoms with Crippen LogP contribution in [0, 0.1) is 17.3 Å². The van der Waals surface area contributed by atoms with Gasteiger partial charge in [-0.25, -0.2) is 0 Å². The van der Waals surface area contributed by atoms with E-state index in [1.807, 2.05) is 0 Å². The highest BCUT2D eigenvalue weighted by Crippen LogP contribution is 2.48. The van der Waals surface area contributed by atoms with Crippen LogP contribution in [0.5, 0.6) is 0 Å². The van der Waals surface area contributed by atoms with Crippen LogP contribution in [0.4, 0.5) is 0 Å². The molecular weight excluding hydrogens is 168 g/mol. The summed E-state index contributed by atoms with van der Waals surface area (Å²) in [5.74, 6) is 2.18. The molecule has 0 aromatic heterocycles. The topological polar surface area (TPSA) is 0 Å². The Balaban J connectivity index is 1.98. The third kappa shape index (κ3) is 5.02. The highest BCUT2D eigenvalue weighted by molar-refractivity contribution is 4.88. The van der Waals surface area contributed by atoms with Gasteiger partial charge in [-0.15, -0.1) is 0 Å². The zero-order chi connectivity index (χ0) is 10.6. The normalized spacial score (nSPS) is 26.6. The second kappa shape index (κ2) is 5.19. The van der Waals surface area contributed by atoms with E-state index >= 15 is 0 Å². The predicted octanol–water partition coefficient (Wildman–Crippen LogP) is 5.03. The van der Waals surface area contributed by atoms with Crippen molar-refractivity contribution in [3.63, 3.8) is 0 Å². The lowest BCUT2D eigenvalue weighted by molar-refractivity contribution is 0.340. The van der Waals surface area contributed by atoms with E-state index in [0.717, 1.165) is 11.8 Å². The molecule has 0 bridgehead atoms. The lowest BCUT2D eigenvalue weighted by atomic mass is 9.89. The van der Waals surface area contributed by atoms with Crippen molar-refractivity contribution in [2.75, 3.05) is 0 Å². The minimum absolute atomic E-state index is 0.558. The van der Waals surface area contributed by atoms with Crippen molar-refractivity contribution in [1.82, 2.24) is 0 Å². The summed E-state index contributed by atoms with van der Waals surface area (Å²) in [6.45, 7) is 9.41. The Morgan fingerprint density at radius 1 is 1.00 bits per heavy atom. The SMILES string of the molecule is CCCCCCC1CC1CC(C)(C)C. The monoisotopic (exact) mass is 196 g/mol. The summed E-state index contributed by atoms with van der Waals surface area (Å²) in [6.07, 6.45) is 10.3. The van der Waals surface area contributed by atoms with E-state index in [0.29, 0.717) is 5.41 Å². The molecule has 2 atom stereocenters. The molecule has 1 fully saturated rings. The van der Waals surface area contributed by atoms with Crippen LogP contribution < -0.4 is 0 Å². The molecule has 0 saturated heterocycles. The van der Waals surface area contributed by atoms with Gasteiger partial charge in [0, 0.05) is 0 Å². The van der Waals surface area contributed by atoms with Gasteiger partial charge in [0.15, 0.2) is 0 Å². The molecule has 1 aliphatic rings. The van der Waals surface area contributed by atoms with Crippen LogP contribution in [0.1, 0.15) is 72.6 Å². The summed E-state index contributed by atoms with van der Waals surface area (Å²) in [4.78, 5) is 0. The quantitative estimate of drug-likeness (QED) is 0.523. The zero-order valence-electron chi connectivity index (χ0n) is 10.6. The second-order valence-corrected chi connectivity index (χ2v) is 6.37. The summed E-state index contributed by atoms with van der Waals surface area (Å²) >= 11 is 0. The first kappa shape index (κ1) is 12.1. The Labute approximate surface area is 90.5 Å². The summed E-state index contributed by atoms with van der Waals surface area (Å²) < 4.78 is 0. The Bertz CT molecular complexity index is 152. The molecular formula is C14H28. The zero-order valence-corrected chi connectivity index (χ0v) is 10.6. The molecule has 0 aromatic carbocycles. The van der Waals surface area contributed by atoms with Crippen LogP contribution in [0.15, 0.2) is 0 Å². The van der Waals surface area contributed by atoms with Gasteiger partial charge in [-0.05, 0) is 30.1 Å². The van der Waals surface area contributed by atoms with E-state index in [2.05, 4.69) is 27.7 Å². The Kier molecular flexibility index (Phi) is 4.47. The molecule has 1 rings (SSSR count). The van der Waals surface area contributed by atoms with Crippen LogP contribution in [0.2, 0.25) is 0 Å². The summed E-state index contributed by atoms with van der Waals surface area (Å²) in [5, 5.41) is 0. The average molecular weight is 196 g/mol. The van der Waals surface area contributed by atoms with Crippen molar-refractivity contribution in [2.45, 2.75) is 72.6 Å². The van der Waals surface area contributed by atoms with Crippen LogP contribution >= 0.6 is 0 Å². The third-order valence-electron chi connectivity index (χ3n) is 3.37. The summed E-state index contributed by atoms with van der Waals surface area (Å²) in [6, 6.07) is 0. The minimum atomic E-state index is 0.558. The molecule has 2 unspecified atom stereocenters. The second-order valence-electron chi connectivity index (χ2n) is 6.37. The van der Waals surface area contributed by atoms with Crippen LogP contribution in [-0.2, 0) is 0 Å². The van der Waals surface area contributed by atoms with Gasteiger partial charge in [0.25, 0.3) is 0 Å². The summed E-state index contributed by atoms with van der Waals surface area (Å²) in [7, 11) is 0. The number of rotatable bonds is 6. The van der Waals surface area contributed by atoms with Gasteiger partial charge < -0.3 is 0 Å². The molecule has 0 spiro atoms. The van der Waals surface area contributed by atoms with Crippen molar-refractivity contribution in [1.29, 1.82) is 0 Å². The maximum absolute atomic E-state index is 2.37. The Morgan fingerprint density at radius 3 is 2.29 bits per heavy atom. The molecule has 0 heteroatoms. The highest BCUT2D eigenvalue weighted by Gasteiger charge is 2.38. The van der Waals surface area contributed by atoms with E-state index in [1.54, 1.807) is 0 Å². The number of hydrogen-bond acceptors (Lipinski definition) is 0. The van der Waals surface area contributed by atoms with Crippen molar-refractivity contribution < 1.29 is 0 Å². The molecule has 0 radical (unpaired) electrons. The molecule has 0 aliphatic heterocycles. The van der Waals surface area contributed by atoms with Gasteiger partial charge in [0.05, 0.1) is 0 Å². The van der Waals surface area contributed by atoms with Crippen molar-refractivity contribution in [2.24, 2.45) is 17.3 Å². The van der Waals surface area contributed by atoms with Gasteiger partial charge in [-0.3, -0.25) is 0 Å². The molecule has 0 N–H and O–H groups in total. The Hall–Kier alpha value is 0. The van der Waals surface area contributed by atoms with Gasteiger partial charge >= 0.3 is 0 Å². The maximum Gasteiger partial charge on any atom is -0.0378 e. The molecule has 84 valence electrons. The third-order valence-corrected chi connectivity index (χ3v) is 3.37. The van der Waals surface area contributed by atoms with Gasteiger partial charge in [0.1, 0.15) is 0 Å². The van der Waals surface area contributed by atoms with Gasteiger partial charge in [0.2, 0.25) is 0 Å². The van der Waals surface area contributed by atoms with E-state index < -0.39 is 0 Å². The average Bonchev–Trinajstić information content (AvgIpc) is 2.74. The first-order valence-corrected chi connectivity index (χ1v) is 6.53. The summed E-state index contributed by atoms with van der Waals surface area (Å²) in [5.41, 5.74) is 0.558. The van der Waals surface area contributed by atoms with Crippen LogP contribution in [0.3, 0.4) is 0 Å². The molecule has 0 heterocycles. The van der Waals surface area contributed by atoms with Crippen LogP contribution in [0.25, 0.3) is 0 Å². The Morgan fingerprint density at radius 2 is 1.71 bits per heavy atom. The fourth-order valence-electron chi connectivity index (χ4n) is 2.53. The highest BCUT2D eigenvalue weighted by atomic mass is 14.4. The van der Waals surface area contributed by atoms with Crippen molar-refractivity contribution in [3.8, 4) is 0 Å². The van der Waals surface area contributed by atoms with Crippen molar-refractivity contribution >= 4 is 0 Å². The standard InChI is InChI=1S/C14H28/c1-5-6-7-8-9-12-10-13(12)11-14(2,3)4/h12-13H,5-11H2,1-4H3. The largest absolute Gasteiger partial charge is 0.0654 e. The predicted molar refractivity (Wildman–Crippen MR) is 64.4 cm³/mol. The number of hydrogen-bond donors (Lipinski definition) is 0. The fourth-order valence-corrected chi connectivity index (χ4v) is 2.53. The molecule has 1 saturated carbocycles. The minimum Gasteiger partial charge on any atom is -0.0654 e. The molecule has 0 amide bonds. The lowest BCUT2D eigenvalue weighted by Crippen LogP contribution is -2.06. The van der Waals surface area contributed by atoms with E-state index in [-0.39, 0.29) is 0 Å². The van der Waals surface area contributed by atoms with E-state index in [9.17, 15) is 0 Å². The van der Waals surface area contributed by atoms with Crippen LogP contribution in [-0.4, -0.2) is 0 Å². The first-order chi connectivity index (χ1) is 6.53. The smallest absolute Gasteiger partial charge is 0.0378 e. The number of unbranched alkanes of at least 4 members (excludes halogenated alkanes) is 3. The molecule has 0 nitrogen and oxygen atoms in total. The molecule has 1 aliphatic carbocycles. The van der Waals surface area contributed by atoms with Gasteiger partial charge in [-0.2, -0.15) is 0 Å². The lowest BCUT2D eigenvalue weighted by Gasteiger charge is -2.17. The van der Waals surface area contributed by atoms with E-state index in [1.165, 1.54) is 44.9 Å². The van der Waals surface area contributed by atoms with Crippen molar-refractivity contribution in [3.05, 3.63) is 0 Å². The molecule has 0 aromatic rings. The van der Waals surface area contributed by atoms with E-state index in [4.69, 9.17) is 0 Å². The fraction of sp³-hybridized carbons (Fsp3) is 1.00.